The summed E-state index contributed by atoms with van der Waals surface area (Å²) in [5, 5.41) is 1.88. The molecule has 0 bridgehead atoms. The number of nitrogens with zero attached hydrogens (tertiary/aromatic N) is 2. The molecule has 2 nitrogen and oxygen atoms in total. The fourth-order valence-corrected chi connectivity index (χ4v) is 8.92. The number of benzene rings is 7. The molecule has 0 atom stereocenters. The van der Waals surface area contributed by atoms with Crippen molar-refractivity contribution in [3.8, 4) is 0 Å². The Bertz CT molecular complexity index is 3820. The van der Waals surface area contributed by atoms with Gasteiger partial charge in [-0.2, -0.15) is 0 Å². The fraction of sp³-hybridized carbons (Fsp3) is 0.321. The summed E-state index contributed by atoms with van der Waals surface area (Å²) in [4.78, 5) is 2.83. The van der Waals surface area contributed by atoms with Crippen LogP contribution in [0.3, 0.4) is 0 Å². The second-order valence-corrected chi connectivity index (χ2v) is 17.3. The second-order valence-electron chi connectivity index (χ2n) is 15.5. The van der Waals surface area contributed by atoms with Crippen molar-refractivity contribution in [3.63, 3.8) is 0 Å². The minimum atomic E-state index is -4.65. The molecule has 0 N–H and O–H groups in total. The molecule has 0 unspecified atom stereocenters. The molecule has 0 radical (unpaired) electrons. The van der Waals surface area contributed by atoms with Gasteiger partial charge in [-0.3, -0.25) is 0 Å². The molecule has 0 aliphatic heterocycles. The Kier molecular flexibility index (Phi) is 3.78. The predicted octanol–water partition coefficient (Wildman–Crippen LogP) is 17.6. The summed E-state index contributed by atoms with van der Waals surface area (Å²) in [7, 11) is 0. The summed E-state index contributed by atoms with van der Waals surface area (Å²) in [5.74, 6) is 0. The van der Waals surface area contributed by atoms with E-state index in [0.717, 1.165) is 36.4 Å². The molecular formula is C56H58Br2N2. The summed E-state index contributed by atoms with van der Waals surface area (Å²) in [6.07, 6.45) is 0. The predicted molar refractivity (Wildman–Crippen MR) is 266 cm³/mol. The first-order valence-corrected chi connectivity index (χ1v) is 20.1. The smallest absolute Gasteiger partial charge is 0.0468 e. The molecule has 0 heterocycles. The van der Waals surface area contributed by atoms with Crippen molar-refractivity contribution in [2.45, 2.75) is 104 Å². The molecule has 9 rings (SSSR count). The van der Waals surface area contributed by atoms with Gasteiger partial charge in [0.25, 0.3) is 0 Å². The largest absolute Gasteiger partial charge is 0.310 e. The molecule has 4 heteroatoms. The van der Waals surface area contributed by atoms with Gasteiger partial charge in [0.15, 0.2) is 0 Å². The highest BCUT2D eigenvalue weighted by Gasteiger charge is 2.58. The lowest BCUT2D eigenvalue weighted by atomic mass is 9.59. The highest BCUT2D eigenvalue weighted by atomic mass is 79.9. The van der Waals surface area contributed by atoms with Gasteiger partial charge in [-0.25, -0.2) is 0 Å². The van der Waals surface area contributed by atoms with E-state index in [9.17, 15) is 0 Å². The summed E-state index contributed by atoms with van der Waals surface area (Å²) in [5.41, 5.74) is -30.8. The van der Waals surface area contributed by atoms with Gasteiger partial charge in [0.1, 0.15) is 0 Å². The molecule has 60 heavy (non-hydrogen) atoms. The standard InChI is InChI=1S/C56H58Br2N2/c1-51(2)47-29-25-43(33-49(47)53(5,6)55(51,9)10)59(39-19-15-37(57)16-20-39)41-23-27-45-35(31-41)13-14-36-32-42(24-28-46(36)45)60(40-21-17-38(58)18-22-40)44-26-30-48-50(34-44)54(7,8)56(11,12)52(48,3)4/h13-34H,1-12H3/i1D3,2D3,3D3,4D3,5D3,6D3,7D3,8D3,9D3,10D3,11D3,12D3. The van der Waals surface area contributed by atoms with Crippen LogP contribution in [0, 0.1) is 10.8 Å². The Morgan fingerprint density at radius 2 is 0.650 bits per heavy atom. The zero-order valence-corrected chi connectivity index (χ0v) is 34.5. The SMILES string of the molecule is [2H]C([2H])([2H])C1(C([2H])([2H])[2H])c2ccc(N(c3ccc(Br)cc3)c3ccc4c(ccc5cc(N(c6ccc(Br)cc6)c6ccc7c(c6)C(C([2H])([2H])[2H])(C([2H])([2H])[2H])C(C([2H])([2H])[2H])(C([2H])([2H])[2H])C7(C([2H])([2H])[2H])C([2H])([2H])[2H])ccc54)c3)cc2C(C([2H])([2H])[2H])(C([2H])([2H])[2H])C1(C([2H])([2H])[2H])C([2H])([2H])[2H]. The summed E-state index contributed by atoms with van der Waals surface area (Å²) in [6, 6.07) is 30.7. The second kappa shape index (κ2) is 13.6. The molecule has 7 aromatic carbocycles. The highest BCUT2D eigenvalue weighted by Crippen LogP contribution is 2.63. The van der Waals surface area contributed by atoms with Gasteiger partial charge in [-0.05, 0) is 173 Å². The number of hydrogen-bond acceptors (Lipinski definition) is 2. The maximum atomic E-state index is 9.04. The molecule has 2 aliphatic rings. The van der Waals surface area contributed by atoms with Crippen LogP contribution < -0.4 is 9.80 Å². The Hall–Kier alpha value is -4.38. The van der Waals surface area contributed by atoms with Crippen molar-refractivity contribution in [2.75, 3.05) is 9.80 Å². The van der Waals surface area contributed by atoms with Crippen molar-refractivity contribution in [1.82, 2.24) is 0 Å². The molecular weight excluding hydrogens is 860 g/mol. The molecule has 0 saturated heterocycles. The Balaban J connectivity index is 1.32. The first kappa shape index (κ1) is 16.7. The van der Waals surface area contributed by atoms with Gasteiger partial charge in [-0.1, -0.05) is 150 Å². The fourth-order valence-electron chi connectivity index (χ4n) is 8.39. The maximum absolute atomic E-state index is 9.04. The zero-order chi connectivity index (χ0) is 72.9. The monoisotopic (exact) mass is 953 g/mol. The Morgan fingerprint density at radius 3 is 1.00 bits per heavy atom. The van der Waals surface area contributed by atoms with E-state index in [1.165, 1.54) is 9.80 Å². The van der Waals surface area contributed by atoms with Crippen LogP contribution in [0.1, 0.15) is 154 Å². The van der Waals surface area contributed by atoms with Crippen LogP contribution in [0.15, 0.2) is 142 Å². The topological polar surface area (TPSA) is 6.48 Å². The van der Waals surface area contributed by atoms with Gasteiger partial charge in [-0.15, -0.1) is 0 Å². The highest BCUT2D eigenvalue weighted by molar-refractivity contribution is 9.10. The van der Waals surface area contributed by atoms with Crippen LogP contribution in [0.4, 0.5) is 34.1 Å². The molecule has 2 aliphatic carbocycles. The zero-order valence-electron chi connectivity index (χ0n) is 67.4. The summed E-state index contributed by atoms with van der Waals surface area (Å²) in [6.45, 7) is -52.5. The van der Waals surface area contributed by atoms with Crippen molar-refractivity contribution in [1.29, 1.82) is 0 Å². The first-order chi connectivity index (χ1) is 43.1. The van der Waals surface area contributed by atoms with Gasteiger partial charge >= 0.3 is 0 Å². The van der Waals surface area contributed by atoms with Gasteiger partial charge < -0.3 is 9.80 Å². The minimum Gasteiger partial charge on any atom is -0.310 e. The van der Waals surface area contributed by atoms with Crippen LogP contribution in [0.25, 0.3) is 21.5 Å². The summed E-state index contributed by atoms with van der Waals surface area (Å²) >= 11 is 6.78. The van der Waals surface area contributed by atoms with Crippen molar-refractivity contribution in [3.05, 3.63) is 165 Å². The van der Waals surface area contributed by atoms with E-state index in [4.69, 9.17) is 49.3 Å². The first-order valence-electron chi connectivity index (χ1n) is 36.5. The maximum Gasteiger partial charge on any atom is 0.0468 e. The number of fused-ring (bicyclic) bond motifs is 5. The number of halogens is 2. The van der Waals surface area contributed by atoms with Gasteiger partial charge in [0.2, 0.25) is 0 Å². The van der Waals surface area contributed by atoms with Crippen LogP contribution in [0.5, 0.6) is 0 Å². The third-order valence-corrected chi connectivity index (χ3v) is 12.9. The number of anilines is 6. The molecule has 0 saturated carbocycles. The van der Waals surface area contributed by atoms with Crippen LogP contribution in [-0.2, 0) is 21.7 Å². The third-order valence-electron chi connectivity index (χ3n) is 11.9. The normalized spacial score (nSPS) is 30.0. The quantitative estimate of drug-likeness (QED) is 0.153. The lowest BCUT2D eigenvalue weighted by Crippen LogP contribution is -2.42. The van der Waals surface area contributed by atoms with E-state index in [2.05, 4.69) is 31.9 Å². The number of hydrogen-bond donors (Lipinski definition) is 0. The molecule has 306 valence electrons. The minimum absolute atomic E-state index is 0.188. The van der Waals surface area contributed by atoms with E-state index in [-0.39, 0.29) is 34.1 Å². The third kappa shape index (κ3) is 5.75. The van der Waals surface area contributed by atoms with E-state index in [1.807, 2.05) is 0 Å². The Labute approximate surface area is 425 Å². The molecule has 0 aromatic heterocycles. The van der Waals surface area contributed by atoms with E-state index in [0.29, 0.717) is 30.5 Å². The van der Waals surface area contributed by atoms with Crippen LogP contribution >= 0.6 is 31.9 Å². The number of rotatable bonds is 6. The molecule has 7 aromatic rings. The van der Waals surface area contributed by atoms with Gasteiger partial charge in [0.05, 0.1) is 0 Å². The molecule has 0 fully saturated rings. The van der Waals surface area contributed by atoms with Crippen molar-refractivity contribution in [2.24, 2.45) is 10.8 Å². The lowest BCUT2D eigenvalue weighted by Gasteiger charge is -2.44. The van der Waals surface area contributed by atoms with E-state index in [1.54, 1.807) is 97.1 Å². The lowest BCUT2D eigenvalue weighted by molar-refractivity contribution is 0.125. The van der Waals surface area contributed by atoms with Crippen molar-refractivity contribution >= 4 is 87.5 Å². The van der Waals surface area contributed by atoms with Crippen LogP contribution in [-0.4, -0.2) is 0 Å². The van der Waals surface area contributed by atoms with Gasteiger partial charge in [0, 0.05) is 92.4 Å². The molecule has 0 spiro atoms. The summed E-state index contributed by atoms with van der Waals surface area (Å²) < 4.78 is 324. The Morgan fingerprint density at radius 1 is 0.333 bits per heavy atom. The average Bonchev–Trinajstić information content (AvgIpc) is 1.43. The van der Waals surface area contributed by atoms with Crippen molar-refractivity contribution < 1.29 is 49.3 Å². The van der Waals surface area contributed by atoms with Crippen LogP contribution in [0.2, 0.25) is 0 Å². The van der Waals surface area contributed by atoms with E-state index < -0.39 is 137 Å². The van der Waals surface area contributed by atoms with E-state index >= 15 is 0 Å². The molecule has 0 amide bonds. The average molecular weight is 955 g/mol.